The van der Waals surface area contributed by atoms with Crippen LogP contribution >= 0.6 is 0 Å². The number of nitrogens with zero attached hydrogens (tertiary/aromatic N) is 5. The van der Waals surface area contributed by atoms with Crippen molar-refractivity contribution in [2.75, 3.05) is 24.5 Å². The molecule has 2 aromatic heterocycles. The van der Waals surface area contributed by atoms with Gasteiger partial charge in [0.25, 0.3) is 8.32 Å². The van der Waals surface area contributed by atoms with Crippen molar-refractivity contribution in [1.29, 1.82) is 0 Å². The molecule has 1 atom stereocenters. The van der Waals surface area contributed by atoms with Crippen molar-refractivity contribution in [1.82, 2.24) is 19.5 Å². The summed E-state index contributed by atoms with van der Waals surface area (Å²) in [6.07, 6.45) is 2.57. The minimum atomic E-state index is -2.68. The summed E-state index contributed by atoms with van der Waals surface area (Å²) in [4.78, 5) is 22.7. The number of carbonyl (C=O) groups is 1. The topological polar surface area (TPSA) is 81.4 Å². The van der Waals surface area contributed by atoms with E-state index >= 15 is 0 Å². The third kappa shape index (κ3) is 8.13. The third-order valence-corrected chi connectivity index (χ3v) is 20.9. The fraction of sp³-hybridized carbons (Fsp3) is 0.548. The predicted octanol–water partition coefficient (Wildman–Crippen LogP) is 8.48. The highest BCUT2D eigenvalue weighted by Gasteiger charge is 2.53. The Labute approximate surface area is 319 Å². The number of likely N-dealkylation sites (tertiary alicyclic amines) is 1. The van der Waals surface area contributed by atoms with Crippen molar-refractivity contribution < 1.29 is 18.4 Å². The van der Waals surface area contributed by atoms with E-state index in [1.165, 1.54) is 10.4 Å². The zero-order chi connectivity index (χ0) is 38.4. The lowest BCUT2D eigenvalue weighted by atomic mass is 10.00. The van der Waals surface area contributed by atoms with Gasteiger partial charge in [-0.25, -0.2) is 14.3 Å². The lowest BCUT2D eigenvalue weighted by molar-refractivity contribution is 0.00896. The number of anilines is 1. The van der Waals surface area contributed by atoms with Crippen molar-refractivity contribution in [2.45, 2.75) is 129 Å². The largest absolute Gasteiger partial charge is 0.444 e. The first-order valence-electron chi connectivity index (χ1n) is 19.4. The number of aromatic nitrogens is 3. The first-order chi connectivity index (χ1) is 24.8. The van der Waals surface area contributed by atoms with E-state index in [0.29, 0.717) is 13.2 Å². The van der Waals surface area contributed by atoms with Crippen molar-refractivity contribution in [3.63, 3.8) is 0 Å². The van der Waals surface area contributed by atoms with Gasteiger partial charge in [0, 0.05) is 31.8 Å². The number of carbonyl (C=O) groups excluding carboxylic acids is 1. The second kappa shape index (κ2) is 14.6. The molecular weight excluding hydrogens is 695 g/mol. The number of ether oxygens (including phenoxy) is 1. The zero-order valence-electron chi connectivity index (χ0n) is 33.9. The molecular formula is C42H61N5O4Si2. The Morgan fingerprint density at radius 3 is 1.98 bits per heavy atom. The second-order valence-corrected chi connectivity index (χ2v) is 27.5. The maximum absolute atomic E-state index is 13.4. The zero-order valence-corrected chi connectivity index (χ0v) is 35.9. The molecule has 0 bridgehead atoms. The molecule has 0 aliphatic carbocycles. The summed E-state index contributed by atoms with van der Waals surface area (Å²) < 4.78 is 22.0. The molecule has 2 aliphatic rings. The van der Waals surface area contributed by atoms with Crippen molar-refractivity contribution in [2.24, 2.45) is 0 Å². The lowest BCUT2D eigenvalue weighted by Crippen LogP contribution is -2.71. The Balaban J connectivity index is 1.32. The minimum absolute atomic E-state index is 0.0522. The number of piperidine rings is 1. The Kier molecular flexibility index (Phi) is 10.8. The molecule has 11 heteroatoms. The molecule has 286 valence electrons. The van der Waals surface area contributed by atoms with Gasteiger partial charge >= 0.3 is 6.09 Å². The van der Waals surface area contributed by atoms with E-state index in [0.717, 1.165) is 55.2 Å². The predicted molar refractivity (Wildman–Crippen MR) is 219 cm³/mol. The monoisotopic (exact) mass is 755 g/mol. The van der Waals surface area contributed by atoms with Crippen LogP contribution in [-0.4, -0.2) is 73.6 Å². The molecule has 53 heavy (non-hydrogen) atoms. The molecule has 2 saturated heterocycles. The van der Waals surface area contributed by atoms with Crippen LogP contribution in [0.1, 0.15) is 99.0 Å². The highest BCUT2D eigenvalue weighted by atomic mass is 28.4. The summed E-state index contributed by atoms with van der Waals surface area (Å²) in [5.74, 6) is 0.896. The van der Waals surface area contributed by atoms with Crippen LogP contribution < -0.4 is 15.3 Å². The van der Waals surface area contributed by atoms with Gasteiger partial charge < -0.3 is 18.5 Å². The first kappa shape index (κ1) is 39.2. The van der Waals surface area contributed by atoms with E-state index in [9.17, 15) is 4.79 Å². The quantitative estimate of drug-likeness (QED) is 0.159. The van der Waals surface area contributed by atoms with Gasteiger partial charge in [-0.3, -0.25) is 4.90 Å². The van der Waals surface area contributed by atoms with Crippen LogP contribution in [0.25, 0.3) is 5.65 Å². The van der Waals surface area contributed by atoms with Crippen LogP contribution in [0.3, 0.4) is 0 Å². The summed E-state index contributed by atoms with van der Waals surface area (Å²) in [7, 11) is -4.75. The highest BCUT2D eigenvalue weighted by molar-refractivity contribution is 6.99. The standard InChI is InChI=1S/C42H61N5O4Si2/c1-40(2,3)50-39(48)46-25-19-18-24-36(46)35-27-38-43-37(26-31(47(38)44-35)30-49-52(10,11)41(4,5)6)45-28-32(29-45)51-53(42(7,8)9,33-20-14-12-15-21-33)34-22-16-13-17-23-34/h12-17,20-23,26-27,32,36H,18-19,24-25,28-30H2,1-11H3/t36-/m0/s1. The molecule has 0 N–H and O–H groups in total. The van der Waals surface area contributed by atoms with Crippen LogP contribution in [-0.2, 0) is 20.2 Å². The second-order valence-electron chi connectivity index (χ2n) is 18.5. The van der Waals surface area contributed by atoms with Gasteiger partial charge in [-0.05, 0) is 73.6 Å². The van der Waals surface area contributed by atoms with Crippen molar-refractivity contribution in [3.05, 3.63) is 84.2 Å². The molecule has 2 fully saturated rings. The molecule has 2 aliphatic heterocycles. The molecule has 9 nitrogen and oxygen atoms in total. The average molecular weight is 756 g/mol. The number of benzene rings is 2. The molecule has 0 spiro atoms. The summed E-state index contributed by atoms with van der Waals surface area (Å²) in [5, 5.41) is 7.68. The molecule has 6 rings (SSSR count). The Bertz CT molecular complexity index is 1830. The number of fused-ring (bicyclic) bond motifs is 1. The van der Waals surface area contributed by atoms with E-state index in [1.807, 2.05) is 30.2 Å². The van der Waals surface area contributed by atoms with Gasteiger partial charge in [-0.2, -0.15) is 5.10 Å². The van der Waals surface area contributed by atoms with Crippen LogP contribution in [0, 0.1) is 0 Å². The molecule has 0 unspecified atom stereocenters. The lowest BCUT2D eigenvalue weighted by Gasteiger charge is -2.50. The minimum Gasteiger partial charge on any atom is -0.444 e. The van der Waals surface area contributed by atoms with Gasteiger partial charge in [0.15, 0.2) is 14.0 Å². The SMILES string of the molecule is CC(C)(C)OC(=O)N1CCCC[C@H]1c1cc2nc(N3CC(O[Si](c4ccccc4)(c4ccccc4)C(C)(C)C)C3)cc(CO[Si](C)(C)C(C)(C)C)n2n1. The fourth-order valence-corrected chi connectivity index (χ4v) is 13.0. The van der Waals surface area contributed by atoms with E-state index in [1.54, 1.807) is 0 Å². The van der Waals surface area contributed by atoms with Crippen molar-refractivity contribution in [3.8, 4) is 0 Å². The van der Waals surface area contributed by atoms with Crippen LogP contribution in [0.5, 0.6) is 0 Å². The first-order valence-corrected chi connectivity index (χ1v) is 24.2. The average Bonchev–Trinajstić information content (AvgIpc) is 3.50. The Hall–Kier alpha value is -3.52. The molecule has 0 saturated carbocycles. The van der Waals surface area contributed by atoms with Crippen LogP contribution in [0.15, 0.2) is 72.8 Å². The number of amides is 1. The van der Waals surface area contributed by atoms with E-state index in [2.05, 4.69) is 132 Å². The maximum Gasteiger partial charge on any atom is 0.410 e. The summed E-state index contributed by atoms with van der Waals surface area (Å²) >= 11 is 0. The van der Waals surface area contributed by atoms with Gasteiger partial charge in [-0.15, -0.1) is 0 Å². The highest BCUT2D eigenvalue weighted by Crippen LogP contribution is 2.40. The van der Waals surface area contributed by atoms with E-state index in [-0.39, 0.29) is 28.3 Å². The summed E-state index contributed by atoms with van der Waals surface area (Å²) in [6, 6.07) is 25.7. The molecule has 0 radical (unpaired) electrons. The summed E-state index contributed by atoms with van der Waals surface area (Å²) in [6.45, 7) is 26.6. The van der Waals surface area contributed by atoms with Crippen LogP contribution in [0.4, 0.5) is 10.6 Å². The Morgan fingerprint density at radius 2 is 1.43 bits per heavy atom. The molecule has 4 aromatic rings. The molecule has 2 aromatic carbocycles. The Morgan fingerprint density at radius 1 is 0.830 bits per heavy atom. The number of hydrogen-bond acceptors (Lipinski definition) is 7. The van der Waals surface area contributed by atoms with Crippen LogP contribution in [0.2, 0.25) is 23.2 Å². The molecule has 4 heterocycles. The smallest absolute Gasteiger partial charge is 0.410 e. The van der Waals surface area contributed by atoms with Gasteiger partial charge in [0.05, 0.1) is 30.1 Å². The number of hydrogen-bond donors (Lipinski definition) is 0. The normalized spacial score (nSPS) is 18.0. The fourth-order valence-electron chi connectivity index (χ4n) is 7.36. The van der Waals surface area contributed by atoms with Gasteiger partial charge in [-0.1, -0.05) is 102 Å². The van der Waals surface area contributed by atoms with Gasteiger partial charge in [0.1, 0.15) is 11.4 Å². The van der Waals surface area contributed by atoms with Crippen molar-refractivity contribution >= 4 is 44.6 Å². The number of rotatable bonds is 9. The third-order valence-electron chi connectivity index (χ3n) is 11.3. The maximum atomic E-state index is 13.4. The summed E-state index contributed by atoms with van der Waals surface area (Å²) in [5.41, 5.74) is 1.98. The molecule has 1 amide bonds. The van der Waals surface area contributed by atoms with Gasteiger partial charge in [0.2, 0.25) is 0 Å². The van der Waals surface area contributed by atoms with E-state index < -0.39 is 22.2 Å². The van der Waals surface area contributed by atoms with E-state index in [4.69, 9.17) is 23.7 Å².